The second-order valence-electron chi connectivity index (χ2n) is 7.09. The maximum atomic E-state index is 6.52. The Balaban J connectivity index is 1.73. The van der Waals surface area contributed by atoms with Crippen LogP contribution in [0.5, 0.6) is 0 Å². The Morgan fingerprint density at radius 2 is 1.94 bits per heavy atom. The number of ether oxygens (including phenoxy) is 1. The maximum absolute atomic E-state index is 6.52. The molecule has 0 spiro atoms. The summed E-state index contributed by atoms with van der Waals surface area (Å²) in [5, 5.41) is 3.65. The molecule has 3 nitrogen and oxygen atoms in total. The predicted octanol–water partition coefficient (Wildman–Crippen LogP) is 2.30. The minimum atomic E-state index is 0.0409. The lowest BCUT2D eigenvalue weighted by atomic mass is 9.76. The van der Waals surface area contributed by atoms with Crippen molar-refractivity contribution in [3.05, 3.63) is 0 Å². The summed E-state index contributed by atoms with van der Waals surface area (Å²) in [5.41, 5.74) is 6.97. The van der Waals surface area contributed by atoms with Crippen LogP contribution in [0.3, 0.4) is 0 Å². The standard InChI is InChI=1S/C15H30N2O/c1-13-4-3-5-15(16,10-13)12-17-11-14(2)6-8-18-9-7-14/h13,17H,3-12,16H2,1-2H3. The van der Waals surface area contributed by atoms with Gasteiger partial charge in [0.05, 0.1) is 0 Å². The molecule has 1 aliphatic heterocycles. The molecule has 2 atom stereocenters. The van der Waals surface area contributed by atoms with Gasteiger partial charge in [-0.15, -0.1) is 0 Å². The fourth-order valence-corrected chi connectivity index (χ4v) is 3.52. The summed E-state index contributed by atoms with van der Waals surface area (Å²) < 4.78 is 5.44. The van der Waals surface area contributed by atoms with Crippen molar-refractivity contribution in [1.82, 2.24) is 5.32 Å². The fraction of sp³-hybridized carbons (Fsp3) is 1.00. The van der Waals surface area contributed by atoms with Crippen LogP contribution in [0, 0.1) is 11.3 Å². The van der Waals surface area contributed by atoms with Gasteiger partial charge in [0.25, 0.3) is 0 Å². The molecule has 3 heteroatoms. The Morgan fingerprint density at radius 3 is 2.61 bits per heavy atom. The third-order valence-electron chi connectivity index (χ3n) is 4.86. The van der Waals surface area contributed by atoms with Gasteiger partial charge in [0.15, 0.2) is 0 Å². The van der Waals surface area contributed by atoms with Crippen LogP contribution in [0.15, 0.2) is 0 Å². The van der Waals surface area contributed by atoms with E-state index in [0.29, 0.717) is 5.41 Å². The highest BCUT2D eigenvalue weighted by atomic mass is 16.5. The first kappa shape index (κ1) is 14.3. The van der Waals surface area contributed by atoms with E-state index in [0.717, 1.165) is 32.2 Å². The van der Waals surface area contributed by atoms with Crippen molar-refractivity contribution in [2.24, 2.45) is 17.1 Å². The van der Waals surface area contributed by atoms with E-state index < -0.39 is 0 Å². The summed E-state index contributed by atoms with van der Waals surface area (Å²) in [7, 11) is 0. The van der Waals surface area contributed by atoms with Crippen LogP contribution in [-0.4, -0.2) is 31.8 Å². The third kappa shape index (κ3) is 3.94. The van der Waals surface area contributed by atoms with Crippen LogP contribution in [-0.2, 0) is 4.74 Å². The maximum Gasteiger partial charge on any atom is 0.0471 e. The summed E-state index contributed by atoms with van der Waals surface area (Å²) in [6.07, 6.45) is 7.37. The van der Waals surface area contributed by atoms with Crippen molar-refractivity contribution in [3.63, 3.8) is 0 Å². The number of nitrogens with one attached hydrogen (secondary N) is 1. The molecule has 2 unspecified atom stereocenters. The first-order chi connectivity index (χ1) is 8.52. The monoisotopic (exact) mass is 254 g/mol. The van der Waals surface area contributed by atoms with Gasteiger partial charge >= 0.3 is 0 Å². The molecule has 3 N–H and O–H groups in total. The SMILES string of the molecule is CC1CCCC(N)(CNCC2(C)CCOCC2)C1. The van der Waals surface area contributed by atoms with Gasteiger partial charge in [0.2, 0.25) is 0 Å². The zero-order valence-electron chi connectivity index (χ0n) is 12.1. The summed E-state index contributed by atoms with van der Waals surface area (Å²) in [4.78, 5) is 0. The average Bonchev–Trinajstić information content (AvgIpc) is 2.29. The molecule has 2 aliphatic rings. The van der Waals surface area contributed by atoms with Gasteiger partial charge in [0.1, 0.15) is 0 Å². The van der Waals surface area contributed by atoms with Gasteiger partial charge < -0.3 is 15.8 Å². The zero-order valence-corrected chi connectivity index (χ0v) is 12.1. The molecule has 0 radical (unpaired) electrons. The summed E-state index contributed by atoms with van der Waals surface area (Å²) in [5.74, 6) is 0.796. The van der Waals surface area contributed by atoms with Crippen molar-refractivity contribution in [1.29, 1.82) is 0 Å². The van der Waals surface area contributed by atoms with E-state index in [1.807, 2.05) is 0 Å². The first-order valence-electron chi connectivity index (χ1n) is 7.59. The van der Waals surface area contributed by atoms with Crippen molar-refractivity contribution in [3.8, 4) is 0 Å². The second-order valence-corrected chi connectivity index (χ2v) is 7.09. The Morgan fingerprint density at radius 1 is 1.22 bits per heavy atom. The quantitative estimate of drug-likeness (QED) is 0.809. The topological polar surface area (TPSA) is 47.3 Å². The largest absolute Gasteiger partial charge is 0.381 e. The molecule has 0 aromatic carbocycles. The minimum absolute atomic E-state index is 0.0409. The molecule has 1 saturated heterocycles. The summed E-state index contributed by atoms with van der Waals surface area (Å²) >= 11 is 0. The zero-order chi connectivity index (χ0) is 13.1. The first-order valence-corrected chi connectivity index (χ1v) is 7.59. The average molecular weight is 254 g/mol. The van der Waals surface area contributed by atoms with E-state index in [1.54, 1.807) is 0 Å². The molecule has 1 heterocycles. The molecule has 18 heavy (non-hydrogen) atoms. The van der Waals surface area contributed by atoms with E-state index in [2.05, 4.69) is 19.2 Å². The lowest BCUT2D eigenvalue weighted by Gasteiger charge is -2.39. The van der Waals surface area contributed by atoms with E-state index >= 15 is 0 Å². The van der Waals surface area contributed by atoms with Crippen molar-refractivity contribution in [2.75, 3.05) is 26.3 Å². The number of hydrogen-bond acceptors (Lipinski definition) is 3. The lowest BCUT2D eigenvalue weighted by Crippen LogP contribution is -2.53. The predicted molar refractivity (Wildman–Crippen MR) is 75.6 cm³/mol. The van der Waals surface area contributed by atoms with E-state index in [4.69, 9.17) is 10.5 Å². The Bertz CT molecular complexity index is 263. The van der Waals surface area contributed by atoms with Crippen molar-refractivity contribution < 1.29 is 4.74 Å². The van der Waals surface area contributed by atoms with Crippen molar-refractivity contribution >= 4 is 0 Å². The fourth-order valence-electron chi connectivity index (χ4n) is 3.52. The minimum Gasteiger partial charge on any atom is -0.381 e. The molecule has 106 valence electrons. The highest BCUT2D eigenvalue weighted by Gasteiger charge is 2.32. The molecule has 0 aromatic rings. The molecule has 0 amide bonds. The van der Waals surface area contributed by atoms with Gasteiger partial charge in [0, 0.05) is 31.8 Å². The van der Waals surface area contributed by atoms with Crippen LogP contribution in [0.4, 0.5) is 0 Å². The molecular weight excluding hydrogens is 224 g/mol. The Kier molecular flexibility index (Phi) is 4.68. The van der Waals surface area contributed by atoms with Crippen LogP contribution in [0.1, 0.15) is 52.4 Å². The molecular formula is C15H30N2O. The molecule has 1 aliphatic carbocycles. The van der Waals surface area contributed by atoms with Gasteiger partial charge in [-0.3, -0.25) is 0 Å². The van der Waals surface area contributed by atoms with Crippen LogP contribution < -0.4 is 11.1 Å². The van der Waals surface area contributed by atoms with Crippen LogP contribution >= 0.6 is 0 Å². The summed E-state index contributed by atoms with van der Waals surface area (Å²) in [6.45, 7) is 8.61. The van der Waals surface area contributed by atoms with E-state index in [9.17, 15) is 0 Å². The molecule has 2 rings (SSSR count). The number of hydrogen-bond donors (Lipinski definition) is 2. The summed E-state index contributed by atoms with van der Waals surface area (Å²) in [6, 6.07) is 0. The third-order valence-corrected chi connectivity index (χ3v) is 4.86. The molecule has 0 aromatic heterocycles. The highest BCUT2D eigenvalue weighted by Crippen LogP contribution is 2.31. The lowest BCUT2D eigenvalue weighted by molar-refractivity contribution is 0.0232. The normalized spacial score (nSPS) is 36.5. The smallest absolute Gasteiger partial charge is 0.0471 e. The molecule has 2 fully saturated rings. The van der Waals surface area contributed by atoms with E-state index in [1.165, 1.54) is 38.5 Å². The van der Waals surface area contributed by atoms with Gasteiger partial charge in [-0.25, -0.2) is 0 Å². The van der Waals surface area contributed by atoms with Gasteiger partial charge in [-0.1, -0.05) is 26.7 Å². The molecule has 1 saturated carbocycles. The number of rotatable bonds is 4. The Labute approximate surface area is 112 Å². The molecule has 0 bridgehead atoms. The van der Waals surface area contributed by atoms with Crippen LogP contribution in [0.25, 0.3) is 0 Å². The van der Waals surface area contributed by atoms with Crippen LogP contribution in [0.2, 0.25) is 0 Å². The van der Waals surface area contributed by atoms with Crippen molar-refractivity contribution in [2.45, 2.75) is 57.9 Å². The Hall–Kier alpha value is -0.120. The highest BCUT2D eigenvalue weighted by molar-refractivity contribution is 4.92. The van der Waals surface area contributed by atoms with Gasteiger partial charge in [-0.05, 0) is 37.0 Å². The number of nitrogens with two attached hydrogens (primary N) is 1. The van der Waals surface area contributed by atoms with E-state index in [-0.39, 0.29) is 5.54 Å². The van der Waals surface area contributed by atoms with Gasteiger partial charge in [-0.2, -0.15) is 0 Å². The second kappa shape index (κ2) is 5.89.